The predicted octanol–water partition coefficient (Wildman–Crippen LogP) is 0.697. The molecular formula is C16H27N3O5S. The lowest BCUT2D eigenvalue weighted by Crippen LogP contribution is -2.54. The van der Waals surface area contributed by atoms with Crippen molar-refractivity contribution in [3.63, 3.8) is 0 Å². The second-order valence-electron chi connectivity index (χ2n) is 7.86. The number of hydrogen-bond acceptors (Lipinski definition) is 4. The smallest absolute Gasteiger partial charge is 0.407 e. The van der Waals surface area contributed by atoms with Crippen molar-refractivity contribution in [1.29, 1.82) is 0 Å². The van der Waals surface area contributed by atoms with Crippen molar-refractivity contribution in [1.82, 2.24) is 14.5 Å². The molecule has 3 fully saturated rings. The highest BCUT2D eigenvalue weighted by Crippen LogP contribution is 2.53. The van der Waals surface area contributed by atoms with Gasteiger partial charge in [-0.3, -0.25) is 4.79 Å². The molecular weight excluding hydrogens is 346 g/mol. The summed E-state index contributed by atoms with van der Waals surface area (Å²) in [5, 5.41) is 9.02. The number of amides is 2. The second kappa shape index (κ2) is 6.75. The number of carbonyl (C=O) groups is 2. The molecule has 3 rings (SSSR count). The molecule has 142 valence electrons. The maximum atomic E-state index is 12.7. The Morgan fingerprint density at radius 1 is 1.04 bits per heavy atom. The largest absolute Gasteiger partial charge is 0.465 e. The van der Waals surface area contributed by atoms with Gasteiger partial charge in [0.2, 0.25) is 15.9 Å². The maximum Gasteiger partial charge on any atom is 0.407 e. The second-order valence-corrected chi connectivity index (χ2v) is 9.64. The molecule has 2 saturated heterocycles. The lowest BCUT2D eigenvalue weighted by atomic mass is 9.57. The lowest BCUT2D eigenvalue weighted by Gasteiger charge is -2.52. The van der Waals surface area contributed by atoms with E-state index in [1.165, 1.54) is 4.90 Å². The average Bonchev–Trinajstić information content (AvgIpc) is 2.51. The third-order valence-corrected chi connectivity index (χ3v) is 6.75. The first-order valence-corrected chi connectivity index (χ1v) is 10.8. The van der Waals surface area contributed by atoms with Crippen LogP contribution in [0.5, 0.6) is 0 Å². The first-order valence-electron chi connectivity index (χ1n) is 8.91. The Kier molecular flexibility index (Phi) is 4.98. The minimum absolute atomic E-state index is 0.0517. The maximum absolute atomic E-state index is 12.7. The minimum atomic E-state index is -3.20. The Labute approximate surface area is 148 Å². The van der Waals surface area contributed by atoms with E-state index in [4.69, 9.17) is 5.11 Å². The monoisotopic (exact) mass is 373 g/mol. The summed E-state index contributed by atoms with van der Waals surface area (Å²) in [6.07, 6.45) is 5.05. The molecule has 2 heterocycles. The zero-order valence-corrected chi connectivity index (χ0v) is 15.4. The summed E-state index contributed by atoms with van der Waals surface area (Å²) in [6.45, 7) is 2.34. The number of rotatable bonds is 3. The van der Waals surface area contributed by atoms with Crippen LogP contribution >= 0.6 is 0 Å². The molecule has 0 radical (unpaired) electrons. The number of carbonyl (C=O) groups excluding carboxylic acids is 1. The van der Waals surface area contributed by atoms with Crippen LogP contribution in [0.25, 0.3) is 0 Å². The molecule has 2 N–H and O–H groups in total. The van der Waals surface area contributed by atoms with Gasteiger partial charge in [-0.05, 0) is 43.9 Å². The van der Waals surface area contributed by atoms with Crippen LogP contribution in [0.3, 0.4) is 0 Å². The van der Waals surface area contributed by atoms with Gasteiger partial charge in [0.15, 0.2) is 0 Å². The van der Waals surface area contributed by atoms with Crippen LogP contribution in [0.4, 0.5) is 4.79 Å². The molecule has 0 aromatic heterocycles. The van der Waals surface area contributed by atoms with Gasteiger partial charge >= 0.3 is 6.09 Å². The Balaban J connectivity index is 1.43. The van der Waals surface area contributed by atoms with Crippen molar-refractivity contribution < 1.29 is 23.1 Å². The summed E-state index contributed by atoms with van der Waals surface area (Å²) < 4.78 is 25.2. The molecule has 1 aliphatic carbocycles. The number of piperidine rings is 2. The van der Waals surface area contributed by atoms with Crippen LogP contribution in [0.2, 0.25) is 0 Å². The van der Waals surface area contributed by atoms with Gasteiger partial charge in [0.1, 0.15) is 0 Å². The molecule has 3 aliphatic rings. The molecule has 0 atom stereocenters. The molecule has 0 aromatic carbocycles. The standard InChI is InChI=1S/C16H27N3O5S/c1-25(23,24)17-13-2-6-18(7-3-13)14(20)12-10-16(11-12)4-8-19(9-5-16)15(21)22/h12-13,17H,2-11H2,1H3,(H,21,22). The van der Waals surface area contributed by atoms with Gasteiger partial charge in [-0.2, -0.15) is 0 Å². The quantitative estimate of drug-likeness (QED) is 0.757. The Morgan fingerprint density at radius 3 is 2.08 bits per heavy atom. The van der Waals surface area contributed by atoms with Gasteiger partial charge in [-0.1, -0.05) is 0 Å². The fourth-order valence-corrected chi connectivity index (χ4v) is 5.36. The van der Waals surface area contributed by atoms with Crippen molar-refractivity contribution in [2.75, 3.05) is 32.4 Å². The molecule has 2 amide bonds. The van der Waals surface area contributed by atoms with Gasteiger partial charge in [-0.15, -0.1) is 0 Å². The van der Waals surface area contributed by atoms with Gasteiger partial charge in [0, 0.05) is 38.1 Å². The van der Waals surface area contributed by atoms with Crippen molar-refractivity contribution >= 4 is 22.0 Å². The van der Waals surface area contributed by atoms with E-state index in [0.717, 1.165) is 31.9 Å². The molecule has 1 spiro atoms. The van der Waals surface area contributed by atoms with Crippen LogP contribution in [0.15, 0.2) is 0 Å². The van der Waals surface area contributed by atoms with E-state index in [1.54, 1.807) is 0 Å². The Hall–Kier alpha value is -1.35. The molecule has 25 heavy (non-hydrogen) atoms. The average molecular weight is 373 g/mol. The normalized spacial score (nSPS) is 25.0. The summed E-state index contributed by atoms with van der Waals surface area (Å²) in [7, 11) is -3.20. The van der Waals surface area contributed by atoms with E-state index in [-0.39, 0.29) is 23.3 Å². The van der Waals surface area contributed by atoms with Crippen molar-refractivity contribution in [3.8, 4) is 0 Å². The van der Waals surface area contributed by atoms with E-state index in [2.05, 4.69) is 4.72 Å². The molecule has 0 unspecified atom stereocenters. The number of hydrogen-bond donors (Lipinski definition) is 2. The van der Waals surface area contributed by atoms with Crippen LogP contribution in [0.1, 0.15) is 38.5 Å². The first kappa shape index (κ1) is 18.4. The topological polar surface area (TPSA) is 107 Å². The summed E-state index contributed by atoms with van der Waals surface area (Å²) in [5.41, 5.74) is 0.155. The van der Waals surface area contributed by atoms with Crippen LogP contribution in [0, 0.1) is 11.3 Å². The summed E-state index contributed by atoms with van der Waals surface area (Å²) >= 11 is 0. The Morgan fingerprint density at radius 2 is 1.60 bits per heavy atom. The number of sulfonamides is 1. The zero-order chi connectivity index (χ0) is 18.2. The highest BCUT2D eigenvalue weighted by molar-refractivity contribution is 7.88. The fraction of sp³-hybridized carbons (Fsp3) is 0.875. The highest BCUT2D eigenvalue weighted by atomic mass is 32.2. The van der Waals surface area contributed by atoms with Gasteiger partial charge in [0.05, 0.1) is 6.26 Å². The number of nitrogens with one attached hydrogen (secondary N) is 1. The van der Waals surface area contributed by atoms with Gasteiger partial charge in [-0.25, -0.2) is 17.9 Å². The summed E-state index contributed by atoms with van der Waals surface area (Å²) in [5.74, 6) is 0.236. The van der Waals surface area contributed by atoms with E-state index in [1.807, 2.05) is 4.90 Å². The molecule has 9 heteroatoms. The minimum Gasteiger partial charge on any atom is -0.465 e. The SMILES string of the molecule is CS(=O)(=O)NC1CCN(C(=O)C2CC3(CCN(C(=O)O)CC3)C2)CC1. The molecule has 0 bridgehead atoms. The molecule has 2 aliphatic heterocycles. The van der Waals surface area contributed by atoms with Crippen molar-refractivity contribution in [2.24, 2.45) is 11.3 Å². The molecule has 8 nitrogen and oxygen atoms in total. The van der Waals surface area contributed by atoms with E-state index < -0.39 is 16.1 Å². The zero-order valence-electron chi connectivity index (χ0n) is 14.6. The van der Waals surface area contributed by atoms with Crippen LogP contribution in [-0.2, 0) is 14.8 Å². The predicted molar refractivity (Wildman–Crippen MR) is 91.6 cm³/mol. The number of likely N-dealkylation sites (tertiary alicyclic amines) is 2. The lowest BCUT2D eigenvalue weighted by molar-refractivity contribution is -0.146. The van der Waals surface area contributed by atoms with Crippen molar-refractivity contribution in [3.05, 3.63) is 0 Å². The summed E-state index contributed by atoms with van der Waals surface area (Å²) in [4.78, 5) is 27.0. The third-order valence-electron chi connectivity index (χ3n) is 5.99. The Bertz CT molecular complexity index is 626. The number of carboxylic acid groups (broad SMARTS) is 1. The molecule has 0 aromatic rings. The van der Waals surface area contributed by atoms with Crippen LogP contribution < -0.4 is 4.72 Å². The van der Waals surface area contributed by atoms with Crippen molar-refractivity contribution in [2.45, 2.75) is 44.6 Å². The van der Waals surface area contributed by atoms with E-state index >= 15 is 0 Å². The highest BCUT2D eigenvalue weighted by Gasteiger charge is 2.50. The van der Waals surface area contributed by atoms with E-state index in [0.29, 0.717) is 39.0 Å². The van der Waals surface area contributed by atoms with Crippen LogP contribution in [-0.4, -0.2) is 73.8 Å². The third kappa shape index (κ3) is 4.25. The number of nitrogens with zero attached hydrogens (tertiary/aromatic N) is 2. The summed E-state index contributed by atoms with van der Waals surface area (Å²) in [6, 6.07) is -0.0767. The first-order chi connectivity index (χ1) is 11.7. The molecule has 1 saturated carbocycles. The van der Waals surface area contributed by atoms with Gasteiger partial charge in [0.25, 0.3) is 0 Å². The fourth-order valence-electron chi connectivity index (χ4n) is 4.52. The van der Waals surface area contributed by atoms with Gasteiger partial charge < -0.3 is 14.9 Å². The van der Waals surface area contributed by atoms with E-state index in [9.17, 15) is 18.0 Å².